The lowest BCUT2D eigenvalue weighted by Crippen LogP contribution is -2.52. The number of carbonyl (C=O) groups excluding carboxylic acids is 2. The standard InChI is InChI=1S/C26H36BF3N4O5/c1-18(2)12-20(14-31)25(36)34-11-7-6-10-21(34)15-39-16-23(32-17-26(28,29)30)24(35)33-22(13-27(37)38)19-8-4-3-5-9-19/h3-5,8-9,12,18,21-23,32,37-38H,6-7,10-11,13,15-17H2,1-2H3,(H,33,35)/t21-,22-,23+/m1/s1. The van der Waals surface area contributed by atoms with Crippen LogP contribution < -0.4 is 10.6 Å². The summed E-state index contributed by atoms with van der Waals surface area (Å²) in [5.41, 5.74) is 0.576. The monoisotopic (exact) mass is 552 g/mol. The van der Waals surface area contributed by atoms with Crippen LogP contribution in [0.25, 0.3) is 0 Å². The van der Waals surface area contributed by atoms with Crippen molar-refractivity contribution in [1.82, 2.24) is 15.5 Å². The Balaban J connectivity index is 2.11. The molecule has 214 valence electrons. The third kappa shape index (κ3) is 11.4. The van der Waals surface area contributed by atoms with E-state index in [0.29, 0.717) is 18.5 Å². The Morgan fingerprint density at radius 2 is 1.95 bits per heavy atom. The maximum absolute atomic E-state index is 13.0. The van der Waals surface area contributed by atoms with E-state index in [9.17, 15) is 38.1 Å². The average Bonchev–Trinajstić information content (AvgIpc) is 2.88. The van der Waals surface area contributed by atoms with Crippen molar-refractivity contribution in [2.75, 3.05) is 26.3 Å². The lowest BCUT2D eigenvalue weighted by molar-refractivity contribution is -0.137. The first-order valence-electron chi connectivity index (χ1n) is 12.9. The van der Waals surface area contributed by atoms with E-state index >= 15 is 0 Å². The summed E-state index contributed by atoms with van der Waals surface area (Å²) >= 11 is 0. The van der Waals surface area contributed by atoms with Gasteiger partial charge in [0.2, 0.25) is 5.91 Å². The minimum atomic E-state index is -4.58. The van der Waals surface area contributed by atoms with Gasteiger partial charge in [0, 0.05) is 12.9 Å². The number of nitrogens with zero attached hydrogens (tertiary/aromatic N) is 2. The smallest absolute Gasteiger partial charge is 0.427 e. The predicted molar refractivity (Wildman–Crippen MR) is 139 cm³/mol. The molecular weight excluding hydrogens is 516 g/mol. The van der Waals surface area contributed by atoms with Crippen LogP contribution in [-0.2, 0) is 14.3 Å². The van der Waals surface area contributed by atoms with Crippen molar-refractivity contribution in [2.45, 2.75) is 63.7 Å². The SMILES string of the molecule is CC(C)C=C(C#N)C(=O)N1CCCC[C@@H]1COC[C@H](NCC(F)(F)F)C(=O)N[C@H](CB(O)O)c1ccccc1. The molecule has 0 unspecified atom stereocenters. The molecule has 4 N–H and O–H groups in total. The number of benzene rings is 1. The Labute approximate surface area is 227 Å². The number of carbonyl (C=O) groups is 2. The Morgan fingerprint density at radius 1 is 1.26 bits per heavy atom. The van der Waals surface area contributed by atoms with E-state index in [-0.39, 0.29) is 24.4 Å². The van der Waals surface area contributed by atoms with Crippen LogP contribution in [0.2, 0.25) is 6.32 Å². The molecule has 1 fully saturated rings. The van der Waals surface area contributed by atoms with E-state index in [2.05, 4.69) is 10.6 Å². The average molecular weight is 552 g/mol. The van der Waals surface area contributed by atoms with Crippen molar-refractivity contribution in [1.29, 1.82) is 5.26 Å². The first-order valence-corrected chi connectivity index (χ1v) is 12.9. The summed E-state index contributed by atoms with van der Waals surface area (Å²) in [7, 11) is -1.76. The molecule has 0 spiro atoms. The van der Waals surface area contributed by atoms with Crippen molar-refractivity contribution in [2.24, 2.45) is 5.92 Å². The zero-order valence-electron chi connectivity index (χ0n) is 22.2. The third-order valence-corrected chi connectivity index (χ3v) is 6.16. The van der Waals surface area contributed by atoms with Gasteiger partial charge in [-0.05, 0) is 30.7 Å². The predicted octanol–water partition coefficient (Wildman–Crippen LogP) is 2.34. The Kier molecular flexibility index (Phi) is 12.9. The first kappa shape index (κ1) is 32.3. The maximum atomic E-state index is 13.0. The van der Waals surface area contributed by atoms with Crippen LogP contribution in [0, 0.1) is 17.2 Å². The van der Waals surface area contributed by atoms with Crippen LogP contribution in [0.4, 0.5) is 13.2 Å². The van der Waals surface area contributed by atoms with E-state index < -0.39 is 56.4 Å². The highest BCUT2D eigenvalue weighted by Crippen LogP contribution is 2.21. The van der Waals surface area contributed by atoms with Gasteiger partial charge in [-0.2, -0.15) is 18.4 Å². The fourth-order valence-electron chi connectivity index (χ4n) is 4.32. The van der Waals surface area contributed by atoms with Crippen molar-refractivity contribution in [3.63, 3.8) is 0 Å². The van der Waals surface area contributed by atoms with Gasteiger partial charge in [-0.15, -0.1) is 0 Å². The van der Waals surface area contributed by atoms with Crippen molar-refractivity contribution < 1.29 is 37.5 Å². The van der Waals surface area contributed by atoms with E-state index in [1.54, 1.807) is 41.3 Å². The van der Waals surface area contributed by atoms with E-state index in [4.69, 9.17) is 4.74 Å². The summed E-state index contributed by atoms with van der Waals surface area (Å²) in [5, 5.41) is 33.1. The minimum absolute atomic E-state index is 0.00581. The van der Waals surface area contributed by atoms with Crippen LogP contribution in [0.5, 0.6) is 0 Å². The summed E-state index contributed by atoms with van der Waals surface area (Å²) in [4.78, 5) is 27.5. The number of rotatable bonds is 13. The van der Waals surface area contributed by atoms with Crippen LogP contribution in [0.15, 0.2) is 42.0 Å². The van der Waals surface area contributed by atoms with Crippen molar-refractivity contribution >= 4 is 18.9 Å². The fourth-order valence-corrected chi connectivity index (χ4v) is 4.32. The third-order valence-electron chi connectivity index (χ3n) is 6.16. The van der Waals surface area contributed by atoms with Crippen LogP contribution in [0.3, 0.4) is 0 Å². The molecule has 1 aromatic carbocycles. The van der Waals surface area contributed by atoms with E-state index in [1.165, 1.54) is 0 Å². The summed E-state index contributed by atoms with van der Waals surface area (Å²) < 4.78 is 44.5. The summed E-state index contributed by atoms with van der Waals surface area (Å²) in [6, 6.07) is 7.68. The molecule has 3 atom stereocenters. The molecule has 0 aliphatic carbocycles. The number of nitrogens with one attached hydrogen (secondary N) is 2. The lowest BCUT2D eigenvalue weighted by Gasteiger charge is -2.36. The number of likely N-dealkylation sites (tertiary alicyclic amines) is 1. The van der Waals surface area contributed by atoms with Gasteiger partial charge >= 0.3 is 13.3 Å². The second kappa shape index (κ2) is 15.6. The number of alkyl halides is 3. The molecule has 2 rings (SSSR count). The highest BCUT2D eigenvalue weighted by atomic mass is 19.4. The van der Waals surface area contributed by atoms with E-state index in [1.807, 2.05) is 19.9 Å². The highest BCUT2D eigenvalue weighted by molar-refractivity contribution is 6.41. The molecule has 2 amide bonds. The number of allylic oxidation sites excluding steroid dienone is 1. The lowest BCUT2D eigenvalue weighted by atomic mass is 9.79. The molecule has 1 aliphatic rings. The Hall–Kier alpha value is -2.92. The number of hydrogen-bond acceptors (Lipinski definition) is 7. The Bertz CT molecular complexity index is 1000. The molecule has 13 heteroatoms. The van der Waals surface area contributed by atoms with Gasteiger partial charge in [0.1, 0.15) is 17.7 Å². The number of ether oxygens (including phenoxy) is 1. The second-order valence-corrected chi connectivity index (χ2v) is 9.86. The van der Waals surface area contributed by atoms with Gasteiger partial charge in [0.25, 0.3) is 5.91 Å². The Morgan fingerprint density at radius 3 is 2.54 bits per heavy atom. The summed E-state index contributed by atoms with van der Waals surface area (Å²) in [6.07, 6.45) is -1.12. The molecule has 1 aliphatic heterocycles. The number of hydrogen-bond donors (Lipinski definition) is 4. The molecule has 1 saturated heterocycles. The molecule has 0 radical (unpaired) electrons. The molecule has 9 nitrogen and oxygen atoms in total. The van der Waals surface area contributed by atoms with Crippen LogP contribution >= 0.6 is 0 Å². The zero-order valence-corrected chi connectivity index (χ0v) is 22.2. The molecule has 1 heterocycles. The topological polar surface area (TPSA) is 135 Å². The molecule has 1 aromatic rings. The zero-order chi connectivity index (χ0) is 29.0. The van der Waals surface area contributed by atoms with Crippen LogP contribution in [-0.4, -0.2) is 78.4 Å². The molecule has 39 heavy (non-hydrogen) atoms. The summed E-state index contributed by atoms with van der Waals surface area (Å²) in [6.45, 7) is 2.24. The fraction of sp³-hybridized carbons (Fsp3) is 0.577. The van der Waals surface area contributed by atoms with E-state index in [0.717, 1.165) is 12.8 Å². The number of piperidine rings is 1. The van der Waals surface area contributed by atoms with Crippen molar-refractivity contribution in [3.8, 4) is 6.07 Å². The molecule has 0 saturated carbocycles. The number of amides is 2. The van der Waals surface area contributed by atoms with Gasteiger partial charge in [-0.3, -0.25) is 14.9 Å². The normalized spacial score (nSPS) is 17.9. The quantitative estimate of drug-likeness (QED) is 0.168. The number of halogens is 3. The van der Waals surface area contributed by atoms with Crippen LogP contribution in [0.1, 0.15) is 44.7 Å². The second-order valence-electron chi connectivity index (χ2n) is 9.86. The highest BCUT2D eigenvalue weighted by Gasteiger charge is 2.33. The minimum Gasteiger partial charge on any atom is -0.427 e. The van der Waals surface area contributed by atoms with Gasteiger partial charge < -0.3 is 25.0 Å². The van der Waals surface area contributed by atoms with Gasteiger partial charge in [0.15, 0.2) is 0 Å². The molecule has 0 aromatic heterocycles. The maximum Gasteiger partial charge on any atom is 0.453 e. The largest absolute Gasteiger partial charge is 0.453 e. The van der Waals surface area contributed by atoms with Crippen molar-refractivity contribution in [3.05, 3.63) is 47.5 Å². The molecular formula is C26H36BF3N4O5. The van der Waals surface area contributed by atoms with Gasteiger partial charge in [-0.25, -0.2) is 0 Å². The first-order chi connectivity index (χ1) is 18.4. The van der Waals surface area contributed by atoms with Gasteiger partial charge in [0.05, 0.1) is 31.8 Å². The van der Waals surface area contributed by atoms with Gasteiger partial charge in [-0.1, -0.05) is 50.3 Å². The number of nitriles is 1. The summed E-state index contributed by atoms with van der Waals surface area (Å²) in [5.74, 6) is -1.23. The molecule has 0 bridgehead atoms.